The van der Waals surface area contributed by atoms with Crippen molar-refractivity contribution in [3.8, 4) is 5.88 Å². The number of fused-ring (bicyclic) bond motifs is 1. The summed E-state index contributed by atoms with van der Waals surface area (Å²) in [6.45, 7) is 0.439. The maximum atomic E-state index is 5.94. The van der Waals surface area contributed by atoms with E-state index in [9.17, 15) is 0 Å². The van der Waals surface area contributed by atoms with Crippen LogP contribution in [0.1, 0.15) is 5.56 Å². The lowest BCUT2D eigenvalue weighted by Gasteiger charge is -2.07. The Labute approximate surface area is 122 Å². The fourth-order valence-electron chi connectivity index (χ4n) is 1.99. The molecule has 3 nitrogen and oxygen atoms in total. The quantitative estimate of drug-likeness (QED) is 0.738. The first-order valence-electron chi connectivity index (χ1n) is 6.24. The number of benzene rings is 2. The third-order valence-corrected chi connectivity index (χ3v) is 3.20. The van der Waals surface area contributed by atoms with Crippen LogP contribution in [0.5, 0.6) is 5.88 Å². The topological polar surface area (TPSA) is 48.1 Å². The van der Waals surface area contributed by atoms with Crippen LogP contribution in [0.2, 0.25) is 5.02 Å². The minimum atomic E-state index is 0.439. The number of hydrogen-bond acceptors (Lipinski definition) is 3. The molecule has 100 valence electrons. The highest BCUT2D eigenvalue weighted by atomic mass is 35.5. The Bertz CT molecular complexity index is 758. The van der Waals surface area contributed by atoms with Gasteiger partial charge in [-0.2, -0.15) is 0 Å². The molecule has 4 heteroatoms. The van der Waals surface area contributed by atoms with Crippen molar-refractivity contribution in [2.24, 2.45) is 0 Å². The van der Waals surface area contributed by atoms with E-state index in [-0.39, 0.29) is 0 Å². The molecule has 3 rings (SSSR count). The number of pyridine rings is 1. The Balaban J connectivity index is 1.79. The first-order valence-corrected chi connectivity index (χ1v) is 6.62. The number of halogens is 1. The summed E-state index contributed by atoms with van der Waals surface area (Å²) in [5, 5.41) is 1.70. The Morgan fingerprint density at radius 3 is 2.80 bits per heavy atom. The summed E-state index contributed by atoms with van der Waals surface area (Å²) in [7, 11) is 0. The van der Waals surface area contributed by atoms with Gasteiger partial charge in [-0.05, 0) is 42.0 Å². The number of aromatic nitrogens is 1. The lowest BCUT2D eigenvalue weighted by Crippen LogP contribution is -1.97. The smallest absolute Gasteiger partial charge is 0.214 e. The largest absolute Gasteiger partial charge is 0.473 e. The summed E-state index contributed by atoms with van der Waals surface area (Å²) in [6, 6.07) is 17.0. The molecule has 0 saturated heterocycles. The summed E-state index contributed by atoms with van der Waals surface area (Å²) in [6.07, 6.45) is 0. The molecule has 0 bridgehead atoms. The van der Waals surface area contributed by atoms with E-state index < -0.39 is 0 Å². The average molecular weight is 285 g/mol. The van der Waals surface area contributed by atoms with Gasteiger partial charge in [0.05, 0.1) is 5.52 Å². The second kappa shape index (κ2) is 5.39. The standard InChI is InChI=1S/C16H13ClN2O/c17-13-3-1-2-11(8-13)10-20-16-7-4-12-9-14(18)5-6-15(12)19-16/h1-9H,10,18H2. The van der Waals surface area contributed by atoms with Crippen LogP contribution >= 0.6 is 11.6 Å². The van der Waals surface area contributed by atoms with Crippen molar-refractivity contribution in [2.45, 2.75) is 6.61 Å². The molecule has 20 heavy (non-hydrogen) atoms. The summed E-state index contributed by atoms with van der Waals surface area (Å²) in [4.78, 5) is 4.44. The highest BCUT2D eigenvalue weighted by Crippen LogP contribution is 2.20. The van der Waals surface area contributed by atoms with E-state index in [0.29, 0.717) is 17.5 Å². The normalized spacial score (nSPS) is 10.7. The minimum Gasteiger partial charge on any atom is -0.473 e. The van der Waals surface area contributed by atoms with Gasteiger partial charge in [0.15, 0.2) is 0 Å². The summed E-state index contributed by atoms with van der Waals surface area (Å²) in [5.74, 6) is 0.585. The van der Waals surface area contributed by atoms with Crippen LogP contribution < -0.4 is 10.5 Å². The fraction of sp³-hybridized carbons (Fsp3) is 0.0625. The third-order valence-electron chi connectivity index (χ3n) is 2.96. The van der Waals surface area contributed by atoms with E-state index in [1.54, 1.807) is 0 Å². The van der Waals surface area contributed by atoms with Gasteiger partial charge >= 0.3 is 0 Å². The van der Waals surface area contributed by atoms with Gasteiger partial charge in [-0.15, -0.1) is 0 Å². The fourth-order valence-corrected chi connectivity index (χ4v) is 2.20. The van der Waals surface area contributed by atoms with Crippen molar-refractivity contribution >= 4 is 28.2 Å². The van der Waals surface area contributed by atoms with Gasteiger partial charge in [0.25, 0.3) is 0 Å². The van der Waals surface area contributed by atoms with E-state index in [1.165, 1.54) is 0 Å². The Kier molecular flexibility index (Phi) is 3.44. The third kappa shape index (κ3) is 2.83. The van der Waals surface area contributed by atoms with Crippen LogP contribution in [0, 0.1) is 0 Å². The van der Waals surface area contributed by atoms with Crippen LogP contribution in [0.3, 0.4) is 0 Å². The van der Waals surface area contributed by atoms with Crippen LogP contribution in [0.4, 0.5) is 5.69 Å². The van der Waals surface area contributed by atoms with Crippen molar-refractivity contribution in [2.75, 3.05) is 5.73 Å². The summed E-state index contributed by atoms with van der Waals surface area (Å²) < 4.78 is 5.68. The molecule has 0 amide bonds. The van der Waals surface area contributed by atoms with Gasteiger partial charge in [0, 0.05) is 22.2 Å². The molecule has 1 aromatic heterocycles. The molecular weight excluding hydrogens is 272 g/mol. The Hall–Kier alpha value is -2.26. The molecule has 0 aliphatic carbocycles. The molecule has 0 saturated carbocycles. The monoisotopic (exact) mass is 284 g/mol. The predicted molar refractivity (Wildman–Crippen MR) is 81.9 cm³/mol. The Morgan fingerprint density at radius 2 is 1.95 bits per heavy atom. The highest BCUT2D eigenvalue weighted by molar-refractivity contribution is 6.30. The zero-order chi connectivity index (χ0) is 13.9. The molecule has 1 heterocycles. The van der Waals surface area contributed by atoms with Crippen molar-refractivity contribution in [3.63, 3.8) is 0 Å². The molecule has 2 N–H and O–H groups in total. The maximum Gasteiger partial charge on any atom is 0.214 e. The number of rotatable bonds is 3. The average Bonchev–Trinajstić information content (AvgIpc) is 2.45. The summed E-state index contributed by atoms with van der Waals surface area (Å²) in [5.41, 5.74) is 8.34. The van der Waals surface area contributed by atoms with E-state index in [1.807, 2.05) is 54.6 Å². The van der Waals surface area contributed by atoms with Crippen molar-refractivity contribution in [3.05, 3.63) is 65.2 Å². The zero-order valence-electron chi connectivity index (χ0n) is 10.7. The molecule has 0 aliphatic rings. The van der Waals surface area contributed by atoms with Gasteiger partial charge in [0.1, 0.15) is 6.61 Å². The first-order chi connectivity index (χ1) is 9.70. The van der Waals surface area contributed by atoms with E-state index in [0.717, 1.165) is 22.2 Å². The first kappa shape index (κ1) is 12.8. The molecule has 0 atom stereocenters. The number of nitrogens with zero attached hydrogens (tertiary/aromatic N) is 1. The highest BCUT2D eigenvalue weighted by Gasteiger charge is 2.01. The number of hydrogen-bond donors (Lipinski definition) is 1. The van der Waals surface area contributed by atoms with E-state index in [4.69, 9.17) is 22.1 Å². The molecule has 3 aromatic rings. The van der Waals surface area contributed by atoms with Crippen molar-refractivity contribution in [1.82, 2.24) is 4.98 Å². The molecule has 0 spiro atoms. The second-order valence-corrected chi connectivity index (χ2v) is 4.96. The van der Waals surface area contributed by atoms with Gasteiger partial charge < -0.3 is 10.5 Å². The van der Waals surface area contributed by atoms with E-state index in [2.05, 4.69) is 4.98 Å². The molecule has 2 aromatic carbocycles. The number of anilines is 1. The molecular formula is C16H13ClN2O. The van der Waals surface area contributed by atoms with Crippen LogP contribution in [-0.4, -0.2) is 4.98 Å². The van der Waals surface area contributed by atoms with Crippen LogP contribution in [0.15, 0.2) is 54.6 Å². The van der Waals surface area contributed by atoms with E-state index >= 15 is 0 Å². The number of nitrogen functional groups attached to an aromatic ring is 1. The lowest BCUT2D eigenvalue weighted by molar-refractivity contribution is 0.295. The Morgan fingerprint density at radius 1 is 1.05 bits per heavy atom. The number of ether oxygens (including phenoxy) is 1. The molecule has 0 radical (unpaired) electrons. The van der Waals surface area contributed by atoms with Gasteiger partial charge in [-0.1, -0.05) is 23.7 Å². The molecule has 0 unspecified atom stereocenters. The maximum absolute atomic E-state index is 5.94. The van der Waals surface area contributed by atoms with Crippen molar-refractivity contribution < 1.29 is 4.74 Å². The number of nitrogens with two attached hydrogens (primary N) is 1. The predicted octanol–water partition coefficient (Wildman–Crippen LogP) is 4.05. The minimum absolute atomic E-state index is 0.439. The SMILES string of the molecule is Nc1ccc2nc(OCc3cccc(Cl)c3)ccc2c1. The van der Waals surface area contributed by atoms with Gasteiger partial charge in [-0.3, -0.25) is 0 Å². The van der Waals surface area contributed by atoms with Crippen LogP contribution in [0.25, 0.3) is 10.9 Å². The van der Waals surface area contributed by atoms with Crippen molar-refractivity contribution in [1.29, 1.82) is 0 Å². The second-order valence-electron chi connectivity index (χ2n) is 4.52. The molecule has 0 fully saturated rings. The van der Waals surface area contributed by atoms with Gasteiger partial charge in [0.2, 0.25) is 5.88 Å². The van der Waals surface area contributed by atoms with Crippen LogP contribution in [-0.2, 0) is 6.61 Å². The molecule has 0 aliphatic heterocycles. The lowest BCUT2D eigenvalue weighted by atomic mass is 10.2. The summed E-state index contributed by atoms with van der Waals surface area (Å²) >= 11 is 5.94. The van der Waals surface area contributed by atoms with Gasteiger partial charge in [-0.25, -0.2) is 4.98 Å². The zero-order valence-corrected chi connectivity index (χ0v) is 11.5.